The van der Waals surface area contributed by atoms with Crippen LogP contribution in [0.15, 0.2) is 12.1 Å². The van der Waals surface area contributed by atoms with E-state index in [-0.39, 0.29) is 5.54 Å². The molecule has 2 amide bonds. The van der Waals surface area contributed by atoms with Gasteiger partial charge in [0.05, 0.1) is 24.9 Å². The fraction of sp³-hybridized carbons (Fsp3) is 0.600. The summed E-state index contributed by atoms with van der Waals surface area (Å²) in [5, 5.41) is 6.07. The smallest absolute Gasteiger partial charge is 0.313 e. The number of nitrogens with one attached hydrogen (secondary N) is 2. The highest BCUT2D eigenvalue weighted by molar-refractivity contribution is 6.40. The molecule has 4 bridgehead atoms. The van der Waals surface area contributed by atoms with Gasteiger partial charge in [0.15, 0.2) is 0 Å². The quantitative estimate of drug-likeness (QED) is 0.770. The summed E-state index contributed by atoms with van der Waals surface area (Å²) >= 11 is 6.09. The number of hydrogen-bond donors (Lipinski definition) is 2. The van der Waals surface area contributed by atoms with E-state index in [9.17, 15) is 9.59 Å². The Morgan fingerprint density at radius 1 is 0.963 bits per heavy atom. The molecule has 0 unspecified atom stereocenters. The lowest BCUT2D eigenvalue weighted by atomic mass is 9.53. The third kappa shape index (κ3) is 3.47. The Labute approximate surface area is 163 Å². The average molecular weight is 393 g/mol. The minimum absolute atomic E-state index is 0.203. The van der Waals surface area contributed by atoms with Crippen LogP contribution in [0, 0.1) is 17.8 Å². The van der Waals surface area contributed by atoms with Crippen molar-refractivity contribution in [2.45, 2.75) is 44.1 Å². The largest absolute Gasteiger partial charge is 0.495 e. The molecule has 7 heteroatoms. The molecule has 4 fully saturated rings. The van der Waals surface area contributed by atoms with E-state index in [1.165, 1.54) is 33.5 Å². The van der Waals surface area contributed by atoms with Gasteiger partial charge in [-0.15, -0.1) is 0 Å². The Kier molecular flexibility index (Phi) is 4.70. The van der Waals surface area contributed by atoms with Crippen molar-refractivity contribution in [3.63, 3.8) is 0 Å². The van der Waals surface area contributed by atoms with E-state index in [0.29, 0.717) is 40.0 Å². The predicted molar refractivity (Wildman–Crippen MR) is 102 cm³/mol. The van der Waals surface area contributed by atoms with Crippen LogP contribution in [0.3, 0.4) is 0 Å². The van der Waals surface area contributed by atoms with Crippen LogP contribution in [-0.4, -0.2) is 31.6 Å². The lowest BCUT2D eigenvalue weighted by Crippen LogP contribution is -2.61. The normalized spacial score (nSPS) is 30.7. The van der Waals surface area contributed by atoms with Crippen molar-refractivity contribution >= 4 is 29.1 Å². The topological polar surface area (TPSA) is 76.7 Å². The zero-order valence-electron chi connectivity index (χ0n) is 15.6. The van der Waals surface area contributed by atoms with E-state index in [2.05, 4.69) is 10.6 Å². The molecule has 0 atom stereocenters. The molecule has 1 aromatic carbocycles. The molecule has 27 heavy (non-hydrogen) atoms. The number of hydrogen-bond acceptors (Lipinski definition) is 4. The first-order valence-corrected chi connectivity index (χ1v) is 9.84. The molecule has 5 rings (SSSR count). The second-order valence-corrected chi connectivity index (χ2v) is 8.70. The lowest BCUT2D eigenvalue weighted by molar-refractivity contribution is -0.139. The van der Waals surface area contributed by atoms with Gasteiger partial charge in [0.25, 0.3) is 0 Å². The standard InChI is InChI=1S/C20H25ClN2O4/c1-26-16-7-15(17(27-2)6-14(16)21)22-18(24)19(25)23-20-8-11-3-12(9-20)5-13(4-11)10-20/h6-7,11-13H,3-5,8-10H2,1-2H3,(H,22,24)(H,23,25). The van der Waals surface area contributed by atoms with Crippen LogP contribution in [-0.2, 0) is 9.59 Å². The molecule has 0 heterocycles. The molecule has 0 aromatic heterocycles. The van der Waals surface area contributed by atoms with Crippen LogP contribution in [0.5, 0.6) is 11.5 Å². The molecule has 2 N–H and O–H groups in total. The molecule has 4 saturated carbocycles. The van der Waals surface area contributed by atoms with Crippen molar-refractivity contribution in [2.24, 2.45) is 17.8 Å². The first kappa shape index (κ1) is 18.4. The van der Waals surface area contributed by atoms with E-state index in [4.69, 9.17) is 21.1 Å². The summed E-state index contributed by atoms with van der Waals surface area (Å²) in [6, 6.07) is 3.10. The molecule has 4 aliphatic rings. The van der Waals surface area contributed by atoms with Crippen LogP contribution in [0.2, 0.25) is 5.02 Å². The van der Waals surface area contributed by atoms with Gasteiger partial charge in [-0.1, -0.05) is 11.6 Å². The van der Waals surface area contributed by atoms with Gasteiger partial charge in [0.2, 0.25) is 0 Å². The van der Waals surface area contributed by atoms with Gasteiger partial charge in [-0.3, -0.25) is 9.59 Å². The molecule has 6 nitrogen and oxygen atoms in total. The van der Waals surface area contributed by atoms with Crippen molar-refractivity contribution in [2.75, 3.05) is 19.5 Å². The predicted octanol–water partition coefficient (Wildman–Crippen LogP) is 3.38. The summed E-state index contributed by atoms with van der Waals surface area (Å²) in [7, 11) is 2.96. The van der Waals surface area contributed by atoms with Crippen molar-refractivity contribution in [1.82, 2.24) is 5.32 Å². The number of anilines is 1. The molecule has 0 aliphatic heterocycles. The molecule has 0 saturated heterocycles. The Morgan fingerprint density at radius 3 is 2.04 bits per heavy atom. The van der Waals surface area contributed by atoms with Gasteiger partial charge in [-0.05, 0) is 56.3 Å². The van der Waals surface area contributed by atoms with Crippen LogP contribution < -0.4 is 20.1 Å². The fourth-order valence-electron chi connectivity index (χ4n) is 5.70. The SMILES string of the molecule is COc1cc(NC(=O)C(=O)NC23CC4CC(CC(C4)C2)C3)c(OC)cc1Cl. The van der Waals surface area contributed by atoms with E-state index in [1.54, 1.807) is 12.1 Å². The molecule has 0 radical (unpaired) electrons. The van der Waals surface area contributed by atoms with Gasteiger partial charge in [0.1, 0.15) is 11.5 Å². The average Bonchev–Trinajstić information content (AvgIpc) is 2.61. The summed E-state index contributed by atoms with van der Waals surface area (Å²) in [6.07, 6.45) is 6.83. The third-order valence-corrected chi connectivity index (χ3v) is 6.64. The summed E-state index contributed by atoms with van der Waals surface area (Å²) in [5.41, 5.74) is 0.148. The Hall–Kier alpha value is -1.95. The van der Waals surface area contributed by atoms with Crippen LogP contribution in [0.25, 0.3) is 0 Å². The number of carbonyl (C=O) groups excluding carboxylic acids is 2. The number of methoxy groups -OCH3 is 2. The molecular weight excluding hydrogens is 368 g/mol. The van der Waals surface area contributed by atoms with Crippen molar-refractivity contribution < 1.29 is 19.1 Å². The summed E-state index contributed by atoms with van der Waals surface area (Å²) in [4.78, 5) is 25.2. The second kappa shape index (κ2) is 6.89. The maximum absolute atomic E-state index is 12.6. The molecular formula is C20H25ClN2O4. The molecule has 1 aromatic rings. The van der Waals surface area contributed by atoms with E-state index in [1.807, 2.05) is 0 Å². The first-order valence-electron chi connectivity index (χ1n) is 9.46. The highest BCUT2D eigenvalue weighted by Crippen LogP contribution is 2.55. The number of ether oxygens (including phenoxy) is 2. The highest BCUT2D eigenvalue weighted by Gasteiger charge is 2.51. The Bertz CT molecular complexity index is 744. The minimum atomic E-state index is -0.701. The zero-order valence-corrected chi connectivity index (χ0v) is 16.4. The molecule has 0 spiro atoms. The number of carbonyl (C=O) groups is 2. The van der Waals surface area contributed by atoms with Crippen LogP contribution in [0.1, 0.15) is 38.5 Å². The maximum atomic E-state index is 12.6. The number of amides is 2. The number of rotatable bonds is 4. The van der Waals surface area contributed by atoms with Gasteiger partial charge in [-0.2, -0.15) is 0 Å². The minimum Gasteiger partial charge on any atom is -0.495 e. The Balaban J connectivity index is 1.47. The zero-order chi connectivity index (χ0) is 19.2. The maximum Gasteiger partial charge on any atom is 0.313 e. The fourth-order valence-corrected chi connectivity index (χ4v) is 5.93. The van der Waals surface area contributed by atoms with Crippen molar-refractivity contribution in [3.8, 4) is 11.5 Å². The van der Waals surface area contributed by atoms with E-state index < -0.39 is 11.8 Å². The van der Waals surface area contributed by atoms with Crippen molar-refractivity contribution in [1.29, 1.82) is 0 Å². The Morgan fingerprint density at radius 2 is 1.52 bits per heavy atom. The van der Waals surface area contributed by atoms with E-state index in [0.717, 1.165) is 19.3 Å². The van der Waals surface area contributed by atoms with Gasteiger partial charge in [-0.25, -0.2) is 0 Å². The second-order valence-electron chi connectivity index (χ2n) is 8.29. The first-order chi connectivity index (χ1) is 12.9. The number of benzene rings is 1. The summed E-state index contributed by atoms with van der Waals surface area (Å²) in [5.74, 6) is 1.56. The van der Waals surface area contributed by atoms with Gasteiger partial charge < -0.3 is 20.1 Å². The highest BCUT2D eigenvalue weighted by atomic mass is 35.5. The molecule has 146 valence electrons. The van der Waals surface area contributed by atoms with E-state index >= 15 is 0 Å². The van der Waals surface area contributed by atoms with Crippen LogP contribution in [0.4, 0.5) is 5.69 Å². The van der Waals surface area contributed by atoms with Crippen LogP contribution >= 0.6 is 11.6 Å². The molecule has 4 aliphatic carbocycles. The number of halogens is 1. The van der Waals surface area contributed by atoms with Gasteiger partial charge in [0, 0.05) is 17.7 Å². The van der Waals surface area contributed by atoms with Crippen molar-refractivity contribution in [3.05, 3.63) is 17.2 Å². The summed E-state index contributed by atoms with van der Waals surface area (Å²) in [6.45, 7) is 0. The third-order valence-electron chi connectivity index (χ3n) is 6.35. The van der Waals surface area contributed by atoms with Gasteiger partial charge >= 0.3 is 11.8 Å². The monoisotopic (exact) mass is 392 g/mol. The summed E-state index contributed by atoms with van der Waals surface area (Å²) < 4.78 is 10.4. The lowest BCUT2D eigenvalue weighted by Gasteiger charge is -2.56.